The number of hydrazone groups is 1. The van der Waals surface area contributed by atoms with Crippen LogP contribution in [0.3, 0.4) is 0 Å². The molecule has 1 aliphatic rings. The zero-order chi connectivity index (χ0) is 24.9. The Hall–Kier alpha value is -3.95. The quantitative estimate of drug-likeness (QED) is 0.353. The predicted octanol–water partition coefficient (Wildman–Crippen LogP) is 6.37. The van der Waals surface area contributed by atoms with Crippen molar-refractivity contribution in [1.29, 1.82) is 0 Å². The van der Waals surface area contributed by atoms with Gasteiger partial charge in [-0.2, -0.15) is 23.3 Å². The minimum absolute atomic E-state index is 0.0194. The molecule has 1 amide bonds. The molecule has 2 aromatic carbocycles. The maximum Gasteiger partial charge on any atom is 0.417 e. The molecule has 10 heteroatoms. The van der Waals surface area contributed by atoms with Gasteiger partial charge in [0.05, 0.1) is 22.5 Å². The summed E-state index contributed by atoms with van der Waals surface area (Å²) in [5.41, 5.74) is 0.116. The van der Waals surface area contributed by atoms with E-state index in [2.05, 4.69) is 5.10 Å². The number of aryl methyl sites for hydroxylation is 2. The fourth-order valence-corrected chi connectivity index (χ4v) is 3.51. The molecule has 0 spiro atoms. The van der Waals surface area contributed by atoms with E-state index in [1.807, 2.05) is 0 Å². The number of alkyl halides is 3. The molecule has 4 rings (SSSR count). The van der Waals surface area contributed by atoms with E-state index < -0.39 is 35.0 Å². The van der Waals surface area contributed by atoms with Crippen molar-refractivity contribution < 1.29 is 36.3 Å². The van der Waals surface area contributed by atoms with Crippen LogP contribution in [-0.4, -0.2) is 16.7 Å². The van der Waals surface area contributed by atoms with Crippen LogP contribution in [0.2, 0.25) is 0 Å². The number of carbonyl (C=O) groups excluding carboxylic acids is 1. The predicted molar refractivity (Wildman–Crippen MR) is 115 cm³/mol. The zero-order valence-electron chi connectivity index (χ0n) is 18.1. The van der Waals surface area contributed by atoms with Gasteiger partial charge in [-0.05, 0) is 62.2 Å². The molecule has 34 heavy (non-hydrogen) atoms. The molecule has 0 saturated carbocycles. The summed E-state index contributed by atoms with van der Waals surface area (Å²) in [7, 11) is 0. The Bertz CT molecular complexity index is 1360. The summed E-state index contributed by atoms with van der Waals surface area (Å²) in [6.07, 6.45) is -3.31. The van der Waals surface area contributed by atoms with Gasteiger partial charge in [0, 0.05) is 17.7 Å². The molecule has 0 atom stereocenters. The summed E-state index contributed by atoms with van der Waals surface area (Å²) in [6, 6.07) is 6.70. The fraction of sp³-hybridized carbons (Fsp3) is 0.167. The number of carbonyl (C=O) groups is 1. The van der Waals surface area contributed by atoms with Crippen molar-refractivity contribution in [2.75, 3.05) is 5.01 Å². The van der Waals surface area contributed by atoms with Crippen LogP contribution in [0, 0.1) is 25.5 Å². The number of benzene rings is 2. The Morgan fingerprint density at radius 3 is 2.24 bits per heavy atom. The van der Waals surface area contributed by atoms with Gasteiger partial charge in [-0.15, -0.1) is 0 Å². The second-order valence-corrected chi connectivity index (χ2v) is 7.80. The van der Waals surface area contributed by atoms with Crippen molar-refractivity contribution in [1.82, 2.24) is 0 Å². The van der Waals surface area contributed by atoms with Crippen molar-refractivity contribution >= 4 is 23.4 Å². The van der Waals surface area contributed by atoms with Crippen LogP contribution in [0.25, 0.3) is 17.4 Å². The number of rotatable bonds is 3. The molecular formula is C24H17F5N2O3. The standard InChI is InChI=1S/C24H17F5N2O3/c1-11-6-17(18(7-12(11)2)24(27,28)29)21-5-4-15(34-21)10-16-13(3)30-31(23(16)33)14-8-19(25)22(32)20(26)9-14/h4-10,32H,1-3H3. The van der Waals surface area contributed by atoms with Gasteiger partial charge < -0.3 is 9.52 Å². The molecule has 0 fully saturated rings. The number of hydrogen-bond donors (Lipinski definition) is 1. The van der Waals surface area contributed by atoms with Crippen molar-refractivity contribution in [3.63, 3.8) is 0 Å². The highest BCUT2D eigenvalue weighted by Crippen LogP contribution is 2.39. The van der Waals surface area contributed by atoms with E-state index >= 15 is 0 Å². The Kier molecular flexibility index (Phi) is 5.55. The Morgan fingerprint density at radius 2 is 1.62 bits per heavy atom. The lowest BCUT2D eigenvalue weighted by atomic mass is 9.98. The molecule has 2 heterocycles. The number of halogens is 5. The van der Waals surface area contributed by atoms with Gasteiger partial charge in [-0.1, -0.05) is 0 Å². The van der Waals surface area contributed by atoms with Crippen molar-refractivity contribution in [3.05, 3.63) is 76.1 Å². The van der Waals surface area contributed by atoms with E-state index in [1.54, 1.807) is 13.8 Å². The summed E-state index contributed by atoms with van der Waals surface area (Å²) >= 11 is 0. The third-order valence-electron chi connectivity index (χ3n) is 5.43. The van der Waals surface area contributed by atoms with Gasteiger partial charge in [0.25, 0.3) is 5.91 Å². The van der Waals surface area contributed by atoms with E-state index in [4.69, 9.17) is 4.42 Å². The largest absolute Gasteiger partial charge is 0.503 e. The number of aromatic hydroxyl groups is 1. The molecule has 5 nitrogen and oxygen atoms in total. The van der Waals surface area contributed by atoms with Crippen LogP contribution in [-0.2, 0) is 11.0 Å². The van der Waals surface area contributed by atoms with Crippen LogP contribution in [0.1, 0.15) is 29.4 Å². The average Bonchev–Trinajstić information content (AvgIpc) is 3.32. The van der Waals surface area contributed by atoms with Gasteiger partial charge >= 0.3 is 6.18 Å². The molecule has 1 N–H and O–H groups in total. The van der Waals surface area contributed by atoms with E-state index in [-0.39, 0.29) is 34.1 Å². The Labute approximate surface area is 190 Å². The van der Waals surface area contributed by atoms with Gasteiger partial charge in [0.15, 0.2) is 17.4 Å². The molecule has 1 aromatic heterocycles. The number of furan rings is 1. The Balaban J connectivity index is 1.70. The van der Waals surface area contributed by atoms with Crippen LogP contribution in [0.4, 0.5) is 27.6 Å². The van der Waals surface area contributed by atoms with Crippen LogP contribution in [0.5, 0.6) is 5.75 Å². The number of anilines is 1. The minimum Gasteiger partial charge on any atom is -0.503 e. The monoisotopic (exact) mass is 476 g/mol. The highest BCUT2D eigenvalue weighted by molar-refractivity contribution is 6.32. The summed E-state index contributed by atoms with van der Waals surface area (Å²) in [5.74, 6) is -4.40. The molecule has 0 radical (unpaired) electrons. The first kappa shape index (κ1) is 23.2. The summed E-state index contributed by atoms with van der Waals surface area (Å²) in [6.45, 7) is 4.74. The van der Waals surface area contributed by atoms with Gasteiger partial charge in [0.1, 0.15) is 11.5 Å². The molecule has 1 aliphatic heterocycles. The number of hydrogen-bond acceptors (Lipinski definition) is 4. The molecule has 176 valence electrons. The SMILES string of the molecule is CC1=NN(c2cc(F)c(O)c(F)c2)C(=O)C1=Cc1ccc(-c2cc(C)c(C)cc2C(F)(F)F)o1. The highest BCUT2D eigenvalue weighted by atomic mass is 19.4. The Morgan fingerprint density at radius 1 is 1.00 bits per heavy atom. The molecule has 0 unspecified atom stereocenters. The molecule has 0 aliphatic carbocycles. The fourth-order valence-electron chi connectivity index (χ4n) is 3.51. The van der Waals surface area contributed by atoms with Crippen molar-refractivity contribution in [2.45, 2.75) is 26.9 Å². The van der Waals surface area contributed by atoms with Gasteiger partial charge in [0.2, 0.25) is 0 Å². The van der Waals surface area contributed by atoms with Crippen molar-refractivity contribution in [2.24, 2.45) is 5.10 Å². The third-order valence-corrected chi connectivity index (χ3v) is 5.43. The van der Waals surface area contributed by atoms with Crippen LogP contribution < -0.4 is 5.01 Å². The molecular weight excluding hydrogens is 459 g/mol. The minimum atomic E-state index is -4.60. The maximum absolute atomic E-state index is 13.7. The summed E-state index contributed by atoms with van der Waals surface area (Å²) in [4.78, 5) is 12.8. The number of nitrogens with zero attached hydrogens (tertiary/aromatic N) is 2. The number of amides is 1. The maximum atomic E-state index is 13.7. The first-order chi connectivity index (χ1) is 15.9. The number of phenolic OH excluding ortho intramolecular Hbond substituents is 1. The normalized spacial score (nSPS) is 15.4. The van der Waals surface area contributed by atoms with Crippen LogP contribution >= 0.6 is 0 Å². The van der Waals surface area contributed by atoms with E-state index in [9.17, 15) is 31.9 Å². The van der Waals surface area contributed by atoms with E-state index in [1.165, 1.54) is 31.2 Å². The summed E-state index contributed by atoms with van der Waals surface area (Å²) < 4.78 is 73.8. The third kappa shape index (κ3) is 4.07. The second kappa shape index (κ2) is 8.12. The second-order valence-electron chi connectivity index (χ2n) is 7.80. The highest BCUT2D eigenvalue weighted by Gasteiger charge is 2.35. The molecule has 0 saturated heterocycles. The lowest BCUT2D eigenvalue weighted by molar-refractivity contribution is -0.137. The first-order valence-corrected chi connectivity index (χ1v) is 9.95. The summed E-state index contributed by atoms with van der Waals surface area (Å²) in [5, 5.41) is 14.0. The van der Waals surface area contributed by atoms with Crippen LogP contribution in [0.15, 0.2) is 51.5 Å². The zero-order valence-corrected chi connectivity index (χ0v) is 18.1. The van der Waals surface area contributed by atoms with Crippen molar-refractivity contribution in [3.8, 4) is 17.1 Å². The van der Waals surface area contributed by atoms with Gasteiger partial charge in [-0.3, -0.25) is 4.79 Å². The molecule has 0 bridgehead atoms. The van der Waals surface area contributed by atoms with Gasteiger partial charge in [-0.25, -0.2) is 8.78 Å². The average molecular weight is 476 g/mol. The number of phenols is 1. The van der Waals surface area contributed by atoms with E-state index in [0.29, 0.717) is 11.1 Å². The smallest absolute Gasteiger partial charge is 0.417 e. The van der Waals surface area contributed by atoms with E-state index in [0.717, 1.165) is 23.2 Å². The lowest BCUT2D eigenvalue weighted by Crippen LogP contribution is -2.21. The topological polar surface area (TPSA) is 66.0 Å². The lowest BCUT2D eigenvalue weighted by Gasteiger charge is -2.14. The molecule has 3 aromatic rings. The first-order valence-electron chi connectivity index (χ1n) is 9.95.